The van der Waals surface area contributed by atoms with Crippen LogP contribution in [0.1, 0.15) is 68.6 Å². The molecule has 4 heteroatoms. The number of rotatable bonds is 14. The molecule has 0 saturated carbocycles. The number of ketones is 1. The molecule has 3 aromatic carbocycles. The number of aliphatic carboxylic acids is 1. The summed E-state index contributed by atoms with van der Waals surface area (Å²) < 4.78 is 0. The summed E-state index contributed by atoms with van der Waals surface area (Å²) >= 11 is 0. The maximum atomic E-state index is 12.4. The highest BCUT2D eigenvalue weighted by Crippen LogP contribution is 2.23. The van der Waals surface area contributed by atoms with Crippen LogP contribution in [-0.2, 0) is 22.4 Å². The first kappa shape index (κ1) is 30.0. The van der Waals surface area contributed by atoms with E-state index < -0.39 is 5.97 Å². The number of aryl methyl sites for hydroxylation is 2. The molecule has 3 rings (SSSR count). The third kappa shape index (κ3) is 12.0. The van der Waals surface area contributed by atoms with Crippen LogP contribution in [0.5, 0.6) is 0 Å². The second kappa shape index (κ2) is 17.3. The monoisotopic (exact) mass is 502 g/mol. The fourth-order valence-electron chi connectivity index (χ4n) is 4.26. The number of aliphatic hydroxyl groups excluding tert-OH is 1. The Kier molecular flexibility index (Phi) is 14.0. The summed E-state index contributed by atoms with van der Waals surface area (Å²) in [6.45, 7) is 3.78. The molecule has 3 atom stereocenters. The predicted molar refractivity (Wildman–Crippen MR) is 151 cm³/mol. The third-order valence-corrected chi connectivity index (χ3v) is 6.80. The van der Waals surface area contributed by atoms with Gasteiger partial charge in [0.05, 0.1) is 12.5 Å². The zero-order valence-corrected chi connectivity index (χ0v) is 22.3. The molecule has 3 aromatic rings. The molecule has 0 unspecified atom stereocenters. The Hall–Kier alpha value is -3.24. The molecular weight excluding hydrogens is 460 g/mol. The minimum atomic E-state index is -0.696. The summed E-state index contributed by atoms with van der Waals surface area (Å²) in [7, 11) is 0. The van der Waals surface area contributed by atoms with Crippen LogP contribution in [0.2, 0.25) is 0 Å². The largest absolute Gasteiger partial charge is 0.481 e. The summed E-state index contributed by atoms with van der Waals surface area (Å²) in [4.78, 5) is 23.0. The zero-order valence-electron chi connectivity index (χ0n) is 22.3. The fourth-order valence-corrected chi connectivity index (χ4v) is 4.26. The number of benzene rings is 3. The molecule has 0 aliphatic rings. The van der Waals surface area contributed by atoms with Crippen molar-refractivity contribution >= 4 is 11.8 Å². The van der Waals surface area contributed by atoms with Crippen molar-refractivity contribution in [3.63, 3.8) is 0 Å². The first-order valence-electron chi connectivity index (χ1n) is 13.4. The van der Waals surface area contributed by atoms with E-state index in [0.717, 1.165) is 44.1 Å². The normalized spacial score (nSPS) is 13.1. The molecule has 0 radical (unpaired) electrons. The Morgan fingerprint density at radius 2 is 1.11 bits per heavy atom. The minimum Gasteiger partial charge on any atom is -0.481 e. The van der Waals surface area contributed by atoms with E-state index in [1.54, 1.807) is 6.92 Å². The highest BCUT2D eigenvalue weighted by atomic mass is 16.4. The van der Waals surface area contributed by atoms with Crippen molar-refractivity contribution in [2.24, 2.45) is 11.8 Å². The molecule has 0 aliphatic heterocycles. The van der Waals surface area contributed by atoms with Crippen molar-refractivity contribution in [3.05, 3.63) is 108 Å². The Morgan fingerprint density at radius 3 is 1.54 bits per heavy atom. The van der Waals surface area contributed by atoms with Gasteiger partial charge in [0.25, 0.3) is 0 Å². The summed E-state index contributed by atoms with van der Waals surface area (Å²) in [6.07, 6.45) is 6.03. The van der Waals surface area contributed by atoms with Crippen molar-refractivity contribution in [2.75, 3.05) is 6.61 Å². The van der Waals surface area contributed by atoms with Crippen LogP contribution in [0.3, 0.4) is 0 Å². The SMILES string of the molecule is C[C@H](CCCc1ccccc1)C(=O)C[C@@H](CO)c1ccccc1.C[C@H](CCCc1ccccc1)C(=O)O. The molecule has 0 bridgehead atoms. The van der Waals surface area contributed by atoms with Crippen molar-refractivity contribution < 1.29 is 19.8 Å². The molecule has 0 saturated heterocycles. The van der Waals surface area contributed by atoms with Crippen LogP contribution in [0.25, 0.3) is 0 Å². The summed E-state index contributed by atoms with van der Waals surface area (Å²) in [5.74, 6) is -0.700. The standard InChI is InChI=1S/C21H26O2.C12H16O2/c1-17(9-8-12-18-10-4-2-5-11-18)21(23)15-20(16-22)19-13-6-3-7-14-19;1-10(12(13)14)6-5-9-11-7-3-2-4-8-11/h2-7,10-11,13-14,17,20,22H,8-9,12,15-16H2,1H3;2-4,7-8,10H,5-6,9H2,1H3,(H,13,14)/t17-,20+;10-/m11/s1. The fraction of sp³-hybridized carbons (Fsp3) is 0.394. The Labute approximate surface area is 222 Å². The number of carbonyl (C=O) groups is 2. The maximum Gasteiger partial charge on any atom is 0.306 e. The second-order valence-electron chi connectivity index (χ2n) is 9.86. The molecule has 0 amide bonds. The van der Waals surface area contributed by atoms with Crippen LogP contribution in [-0.4, -0.2) is 28.6 Å². The van der Waals surface area contributed by atoms with Crippen molar-refractivity contribution in [2.45, 2.75) is 64.7 Å². The van der Waals surface area contributed by atoms with Gasteiger partial charge in [0, 0.05) is 18.3 Å². The number of hydrogen-bond donors (Lipinski definition) is 2. The first-order chi connectivity index (χ1) is 17.9. The number of carbonyl (C=O) groups excluding carboxylic acids is 1. The van der Waals surface area contributed by atoms with Gasteiger partial charge in [-0.15, -0.1) is 0 Å². The van der Waals surface area contributed by atoms with E-state index in [-0.39, 0.29) is 30.1 Å². The molecule has 0 aromatic heterocycles. The van der Waals surface area contributed by atoms with Gasteiger partial charge in [0.15, 0.2) is 0 Å². The lowest BCUT2D eigenvalue weighted by molar-refractivity contribution is -0.141. The van der Waals surface area contributed by atoms with Gasteiger partial charge in [-0.1, -0.05) is 105 Å². The Balaban J connectivity index is 0.000000294. The van der Waals surface area contributed by atoms with Crippen molar-refractivity contribution in [1.29, 1.82) is 0 Å². The van der Waals surface area contributed by atoms with E-state index in [1.165, 1.54) is 11.1 Å². The molecular formula is C33H42O4. The average Bonchev–Trinajstić information content (AvgIpc) is 2.93. The van der Waals surface area contributed by atoms with E-state index in [9.17, 15) is 14.7 Å². The van der Waals surface area contributed by atoms with Gasteiger partial charge in [-0.25, -0.2) is 0 Å². The molecule has 0 fully saturated rings. The van der Waals surface area contributed by atoms with Gasteiger partial charge in [-0.05, 0) is 55.2 Å². The number of carboxylic acid groups (broad SMARTS) is 1. The van der Waals surface area contributed by atoms with Crippen LogP contribution in [0, 0.1) is 11.8 Å². The quantitative estimate of drug-likeness (QED) is 0.246. The molecule has 0 aliphatic carbocycles. The number of hydrogen-bond acceptors (Lipinski definition) is 3. The molecule has 0 spiro atoms. The van der Waals surface area contributed by atoms with Crippen LogP contribution in [0.4, 0.5) is 0 Å². The van der Waals surface area contributed by atoms with Crippen LogP contribution in [0.15, 0.2) is 91.0 Å². The van der Waals surface area contributed by atoms with Crippen molar-refractivity contribution in [3.8, 4) is 0 Å². The van der Waals surface area contributed by atoms with Gasteiger partial charge in [-0.2, -0.15) is 0 Å². The molecule has 4 nitrogen and oxygen atoms in total. The van der Waals surface area contributed by atoms with Crippen LogP contribution < -0.4 is 0 Å². The van der Waals surface area contributed by atoms with Crippen LogP contribution >= 0.6 is 0 Å². The van der Waals surface area contributed by atoms with Gasteiger partial charge >= 0.3 is 5.97 Å². The van der Waals surface area contributed by atoms with Gasteiger partial charge in [-0.3, -0.25) is 9.59 Å². The lowest BCUT2D eigenvalue weighted by Crippen LogP contribution is -2.17. The Bertz CT molecular complexity index is 1020. The maximum absolute atomic E-state index is 12.4. The average molecular weight is 503 g/mol. The van der Waals surface area contributed by atoms with E-state index in [1.807, 2.05) is 61.5 Å². The number of carboxylic acids is 1. The van der Waals surface area contributed by atoms with E-state index in [2.05, 4.69) is 36.4 Å². The summed E-state index contributed by atoms with van der Waals surface area (Å²) in [5, 5.41) is 18.3. The highest BCUT2D eigenvalue weighted by Gasteiger charge is 2.19. The van der Waals surface area contributed by atoms with E-state index in [4.69, 9.17) is 5.11 Å². The van der Waals surface area contributed by atoms with E-state index >= 15 is 0 Å². The first-order valence-corrected chi connectivity index (χ1v) is 13.4. The van der Waals surface area contributed by atoms with E-state index in [0.29, 0.717) is 6.42 Å². The topological polar surface area (TPSA) is 74.6 Å². The molecule has 198 valence electrons. The number of Topliss-reactive ketones (excluding diaryl/α,β-unsaturated/α-hetero) is 1. The zero-order chi connectivity index (χ0) is 26.9. The molecule has 37 heavy (non-hydrogen) atoms. The lowest BCUT2D eigenvalue weighted by atomic mass is 9.88. The smallest absolute Gasteiger partial charge is 0.306 e. The van der Waals surface area contributed by atoms with Crippen molar-refractivity contribution in [1.82, 2.24) is 0 Å². The lowest BCUT2D eigenvalue weighted by Gasteiger charge is -2.17. The molecule has 2 N–H and O–H groups in total. The molecule has 0 heterocycles. The van der Waals surface area contributed by atoms with Gasteiger partial charge in [0.2, 0.25) is 0 Å². The predicted octanol–water partition coefficient (Wildman–Crippen LogP) is 7.11. The highest BCUT2D eigenvalue weighted by molar-refractivity contribution is 5.81. The number of aliphatic hydroxyl groups is 1. The van der Waals surface area contributed by atoms with Gasteiger partial charge < -0.3 is 10.2 Å². The Morgan fingerprint density at radius 1 is 0.676 bits per heavy atom. The minimum absolute atomic E-state index is 0.0203. The summed E-state index contributed by atoms with van der Waals surface area (Å²) in [5.41, 5.74) is 3.65. The second-order valence-corrected chi connectivity index (χ2v) is 9.86. The third-order valence-electron chi connectivity index (χ3n) is 6.80. The van der Waals surface area contributed by atoms with Gasteiger partial charge in [0.1, 0.15) is 5.78 Å². The summed E-state index contributed by atoms with van der Waals surface area (Å²) in [6, 6.07) is 30.4.